The molecule has 0 saturated carbocycles. The number of hydrogen-bond donors (Lipinski definition) is 0. The average Bonchev–Trinajstić information content (AvgIpc) is 2.63. The van der Waals surface area contributed by atoms with Gasteiger partial charge in [0.25, 0.3) is 0 Å². The Morgan fingerprint density at radius 3 is 2.50 bits per heavy atom. The van der Waals surface area contributed by atoms with Gasteiger partial charge in [0.05, 0.1) is 10.4 Å². The number of ketones is 1. The van der Waals surface area contributed by atoms with E-state index in [4.69, 9.17) is 0 Å². The summed E-state index contributed by atoms with van der Waals surface area (Å²) in [5.74, 6) is -2.25. The number of rotatable bonds is 2. The highest BCUT2D eigenvalue weighted by molar-refractivity contribution is 9.10. The van der Waals surface area contributed by atoms with Crippen LogP contribution in [0.4, 0.5) is 8.78 Å². The molecule has 94 valence electrons. The molecule has 0 bridgehead atoms. The third-order valence-corrected chi connectivity index (χ3v) is 4.46. The standard InChI is InChI=1S/C13H9BrF2OS/c1-6-3-4-9(15)10(11(6)16)12(17)13-8(14)5-7(2)18-13/h3-5H,1-2H3. The molecule has 0 radical (unpaired) electrons. The Morgan fingerprint density at radius 1 is 1.28 bits per heavy atom. The van der Waals surface area contributed by atoms with Crippen LogP contribution in [0.25, 0.3) is 0 Å². The molecule has 1 aromatic heterocycles. The third-order valence-electron chi connectivity index (χ3n) is 2.53. The molecule has 18 heavy (non-hydrogen) atoms. The van der Waals surface area contributed by atoms with Crippen LogP contribution in [0.15, 0.2) is 22.7 Å². The Morgan fingerprint density at radius 2 is 1.94 bits per heavy atom. The van der Waals surface area contributed by atoms with E-state index in [1.165, 1.54) is 24.3 Å². The highest BCUT2D eigenvalue weighted by Crippen LogP contribution is 2.30. The maximum atomic E-state index is 13.9. The lowest BCUT2D eigenvalue weighted by atomic mass is 10.0. The van der Waals surface area contributed by atoms with Gasteiger partial charge in [-0.15, -0.1) is 11.3 Å². The molecular weight excluding hydrogens is 322 g/mol. The number of hydrogen-bond acceptors (Lipinski definition) is 2. The van der Waals surface area contributed by atoms with Gasteiger partial charge < -0.3 is 0 Å². The lowest BCUT2D eigenvalue weighted by molar-refractivity contribution is 0.103. The normalized spacial score (nSPS) is 10.7. The summed E-state index contributed by atoms with van der Waals surface area (Å²) in [5.41, 5.74) is -0.235. The highest BCUT2D eigenvalue weighted by Gasteiger charge is 2.23. The second kappa shape index (κ2) is 4.90. The Hall–Kier alpha value is -1.07. The predicted octanol–water partition coefficient (Wildman–Crippen LogP) is 4.64. The van der Waals surface area contributed by atoms with E-state index in [1.54, 1.807) is 6.07 Å². The largest absolute Gasteiger partial charge is 0.287 e. The van der Waals surface area contributed by atoms with Gasteiger partial charge in [0.1, 0.15) is 11.6 Å². The van der Waals surface area contributed by atoms with Gasteiger partial charge in [0.15, 0.2) is 0 Å². The minimum Gasteiger partial charge on any atom is -0.287 e. The van der Waals surface area contributed by atoms with Crippen molar-refractivity contribution < 1.29 is 13.6 Å². The molecule has 2 aromatic rings. The van der Waals surface area contributed by atoms with Crippen LogP contribution in [0.5, 0.6) is 0 Å². The van der Waals surface area contributed by atoms with Crippen LogP contribution < -0.4 is 0 Å². The molecule has 0 unspecified atom stereocenters. The molecule has 1 heterocycles. The molecule has 0 amide bonds. The van der Waals surface area contributed by atoms with Gasteiger partial charge in [-0.2, -0.15) is 0 Å². The zero-order valence-corrected chi connectivity index (χ0v) is 12.1. The van der Waals surface area contributed by atoms with Crippen molar-refractivity contribution >= 4 is 33.0 Å². The van der Waals surface area contributed by atoms with Crippen LogP contribution in [-0.4, -0.2) is 5.78 Å². The first-order valence-electron chi connectivity index (χ1n) is 5.17. The Labute approximate surface area is 116 Å². The van der Waals surface area contributed by atoms with E-state index in [1.807, 2.05) is 6.92 Å². The molecule has 0 saturated heterocycles. The number of aryl methyl sites for hydroxylation is 2. The van der Waals surface area contributed by atoms with Crippen LogP contribution in [0, 0.1) is 25.5 Å². The minimum absolute atomic E-state index is 0.254. The second-order valence-corrected chi connectivity index (χ2v) is 6.03. The summed E-state index contributed by atoms with van der Waals surface area (Å²) in [6, 6.07) is 4.18. The van der Waals surface area contributed by atoms with Gasteiger partial charge in [-0.3, -0.25) is 4.79 Å². The average molecular weight is 331 g/mol. The SMILES string of the molecule is Cc1cc(Br)c(C(=O)c2c(F)ccc(C)c2F)s1. The molecule has 0 aliphatic heterocycles. The molecule has 0 aliphatic rings. The van der Waals surface area contributed by atoms with Gasteiger partial charge in [0, 0.05) is 9.35 Å². The first-order valence-corrected chi connectivity index (χ1v) is 6.78. The third kappa shape index (κ3) is 2.24. The number of halogens is 3. The molecule has 1 nitrogen and oxygen atoms in total. The number of thiophene rings is 1. The fourth-order valence-electron chi connectivity index (χ4n) is 1.62. The quantitative estimate of drug-likeness (QED) is 0.733. The summed E-state index contributed by atoms with van der Waals surface area (Å²) < 4.78 is 28.1. The monoisotopic (exact) mass is 330 g/mol. The molecule has 5 heteroatoms. The molecule has 0 atom stereocenters. The van der Waals surface area contributed by atoms with Crippen LogP contribution in [-0.2, 0) is 0 Å². The molecule has 0 fully saturated rings. The molecule has 2 rings (SSSR count). The fourth-order valence-corrected chi connectivity index (χ4v) is 3.38. The van der Waals surface area contributed by atoms with Crippen molar-refractivity contribution in [3.05, 3.63) is 55.2 Å². The van der Waals surface area contributed by atoms with Crippen molar-refractivity contribution in [1.29, 1.82) is 0 Å². The maximum absolute atomic E-state index is 13.9. The smallest absolute Gasteiger partial charge is 0.210 e. The summed E-state index contributed by atoms with van der Waals surface area (Å²) in [5, 5.41) is 0. The van der Waals surface area contributed by atoms with Gasteiger partial charge in [-0.05, 0) is 47.5 Å². The van der Waals surface area contributed by atoms with Crippen LogP contribution in [0.3, 0.4) is 0 Å². The summed E-state index contributed by atoms with van der Waals surface area (Å²) in [4.78, 5) is 13.4. The number of carbonyl (C=O) groups excluding carboxylic acids is 1. The van der Waals surface area contributed by atoms with E-state index >= 15 is 0 Å². The molecule has 0 aliphatic carbocycles. The van der Waals surface area contributed by atoms with E-state index in [9.17, 15) is 13.6 Å². The van der Waals surface area contributed by atoms with Crippen LogP contribution >= 0.6 is 27.3 Å². The summed E-state index contributed by atoms with van der Waals surface area (Å²) in [7, 11) is 0. The van der Waals surface area contributed by atoms with Gasteiger partial charge in [0.2, 0.25) is 5.78 Å². The van der Waals surface area contributed by atoms with Crippen molar-refractivity contribution in [3.63, 3.8) is 0 Å². The molecule has 0 N–H and O–H groups in total. The summed E-state index contributed by atoms with van der Waals surface area (Å²) in [6.07, 6.45) is 0. The van der Waals surface area contributed by atoms with Crippen molar-refractivity contribution in [1.82, 2.24) is 0 Å². The topological polar surface area (TPSA) is 17.1 Å². The van der Waals surface area contributed by atoms with Gasteiger partial charge in [-0.1, -0.05) is 6.07 Å². The lowest BCUT2D eigenvalue weighted by Crippen LogP contribution is -2.07. The van der Waals surface area contributed by atoms with Gasteiger partial charge in [-0.25, -0.2) is 8.78 Å². The fraction of sp³-hybridized carbons (Fsp3) is 0.154. The van der Waals surface area contributed by atoms with Gasteiger partial charge >= 0.3 is 0 Å². The van der Waals surface area contributed by atoms with E-state index < -0.39 is 23.0 Å². The lowest BCUT2D eigenvalue weighted by Gasteiger charge is -2.05. The number of carbonyl (C=O) groups is 1. The Kier molecular flexibility index (Phi) is 3.64. The summed E-state index contributed by atoms with van der Waals surface area (Å²) in [6.45, 7) is 3.33. The molecule has 1 aromatic carbocycles. The zero-order valence-electron chi connectivity index (χ0n) is 9.68. The zero-order chi connectivity index (χ0) is 13.4. The number of benzene rings is 1. The van der Waals surface area contributed by atoms with Crippen LogP contribution in [0.2, 0.25) is 0 Å². The van der Waals surface area contributed by atoms with Crippen molar-refractivity contribution in [2.75, 3.05) is 0 Å². The minimum atomic E-state index is -0.832. The molecular formula is C13H9BrF2OS. The van der Waals surface area contributed by atoms with Crippen molar-refractivity contribution in [2.24, 2.45) is 0 Å². The van der Waals surface area contributed by atoms with E-state index in [0.29, 0.717) is 9.35 Å². The first-order chi connectivity index (χ1) is 8.41. The Bertz CT molecular complexity index is 634. The summed E-state index contributed by atoms with van der Waals surface area (Å²) >= 11 is 4.44. The molecule has 0 spiro atoms. The van der Waals surface area contributed by atoms with Crippen molar-refractivity contribution in [2.45, 2.75) is 13.8 Å². The highest BCUT2D eigenvalue weighted by atomic mass is 79.9. The van der Waals surface area contributed by atoms with E-state index in [2.05, 4.69) is 15.9 Å². The maximum Gasteiger partial charge on any atom is 0.210 e. The van der Waals surface area contributed by atoms with E-state index in [0.717, 1.165) is 10.9 Å². The predicted molar refractivity (Wildman–Crippen MR) is 71.3 cm³/mol. The Balaban J connectivity index is 2.60. The second-order valence-electron chi connectivity index (χ2n) is 3.92. The van der Waals surface area contributed by atoms with Crippen molar-refractivity contribution in [3.8, 4) is 0 Å². The first kappa shape index (κ1) is 13.4. The van der Waals surface area contributed by atoms with Crippen LogP contribution in [0.1, 0.15) is 25.7 Å². The van der Waals surface area contributed by atoms with E-state index in [-0.39, 0.29) is 5.56 Å².